The molecule has 0 bridgehead atoms. The van der Waals surface area contributed by atoms with Crippen LogP contribution in [0.4, 0.5) is 11.6 Å². The summed E-state index contributed by atoms with van der Waals surface area (Å²) in [6.45, 7) is 5.44. The van der Waals surface area contributed by atoms with Gasteiger partial charge in [-0.3, -0.25) is 4.68 Å². The smallest absolute Gasteiger partial charge is 0.245 e. The molecule has 2 N–H and O–H groups in total. The van der Waals surface area contributed by atoms with E-state index < -0.39 is 15.6 Å². The maximum absolute atomic E-state index is 12.8. The average Bonchev–Trinajstić information content (AvgIpc) is 3.36. The van der Waals surface area contributed by atoms with E-state index in [0.29, 0.717) is 5.95 Å². The fourth-order valence-corrected chi connectivity index (χ4v) is 5.28. The van der Waals surface area contributed by atoms with Gasteiger partial charge in [0.2, 0.25) is 16.0 Å². The molecule has 0 aliphatic rings. The molecule has 3 aromatic heterocycles. The molecule has 2 aromatic carbocycles. The molecule has 0 aliphatic carbocycles. The molecule has 0 fully saturated rings. The number of aryl methyl sites for hydroxylation is 1. The number of rotatable bonds is 5. The number of hydrogen-bond donors (Lipinski definition) is 2. The van der Waals surface area contributed by atoms with E-state index in [2.05, 4.69) is 25.2 Å². The van der Waals surface area contributed by atoms with Crippen molar-refractivity contribution in [2.75, 3.05) is 5.32 Å². The largest absolute Gasteiger partial charge is 0.323 e. The lowest BCUT2D eigenvalue weighted by Gasteiger charge is -2.20. The van der Waals surface area contributed by atoms with Crippen molar-refractivity contribution < 1.29 is 8.42 Å². The summed E-state index contributed by atoms with van der Waals surface area (Å²) in [4.78, 5) is 4.63. The summed E-state index contributed by atoms with van der Waals surface area (Å²) < 4.78 is 31.9. The van der Waals surface area contributed by atoms with Gasteiger partial charge in [0.15, 0.2) is 0 Å². The molecule has 0 amide bonds. The fourth-order valence-electron chi connectivity index (χ4n) is 3.81. The minimum atomic E-state index is -3.66. The molecule has 0 atom stereocenters. The average molecular weight is 476 g/mol. The van der Waals surface area contributed by atoms with Crippen LogP contribution in [0.5, 0.6) is 0 Å². The molecule has 10 heteroatoms. The van der Waals surface area contributed by atoms with Crippen LogP contribution in [0.25, 0.3) is 27.7 Å². The molecule has 5 rings (SSSR count). The normalized spacial score (nSPS) is 12.5. The van der Waals surface area contributed by atoms with Gasteiger partial charge in [-0.2, -0.15) is 5.10 Å². The first kappa shape index (κ1) is 22.1. The maximum Gasteiger partial charge on any atom is 0.245 e. The highest BCUT2D eigenvalue weighted by molar-refractivity contribution is 7.89. The van der Waals surface area contributed by atoms with Gasteiger partial charge in [-0.25, -0.2) is 22.6 Å². The Kier molecular flexibility index (Phi) is 5.14. The topological polar surface area (TPSA) is 106 Å². The third-order valence-electron chi connectivity index (χ3n) is 5.28. The second-order valence-electron chi connectivity index (χ2n) is 9.19. The Labute approximate surface area is 197 Å². The van der Waals surface area contributed by atoms with Crippen LogP contribution in [-0.4, -0.2) is 38.3 Å². The molecule has 0 saturated heterocycles. The van der Waals surface area contributed by atoms with E-state index in [1.165, 1.54) is 0 Å². The van der Waals surface area contributed by atoms with Crippen LogP contribution in [0.3, 0.4) is 0 Å². The van der Waals surface area contributed by atoms with Crippen molar-refractivity contribution in [3.8, 4) is 11.3 Å². The summed E-state index contributed by atoms with van der Waals surface area (Å²) in [6.07, 6.45) is 3.54. The Morgan fingerprint density at radius 1 is 0.971 bits per heavy atom. The number of sulfonamides is 1. The summed E-state index contributed by atoms with van der Waals surface area (Å²) in [5, 5.41) is 13.2. The van der Waals surface area contributed by atoms with Gasteiger partial charge in [0.1, 0.15) is 0 Å². The Morgan fingerprint density at radius 2 is 1.79 bits per heavy atom. The molecule has 34 heavy (non-hydrogen) atoms. The summed E-state index contributed by atoms with van der Waals surface area (Å²) in [6, 6.07) is 16.6. The lowest BCUT2D eigenvalue weighted by molar-refractivity contribution is 0.491. The van der Waals surface area contributed by atoms with Crippen molar-refractivity contribution in [2.45, 2.75) is 31.2 Å². The van der Waals surface area contributed by atoms with Crippen molar-refractivity contribution in [2.24, 2.45) is 7.05 Å². The summed E-state index contributed by atoms with van der Waals surface area (Å²) in [7, 11) is -1.77. The van der Waals surface area contributed by atoms with Gasteiger partial charge >= 0.3 is 0 Å². The van der Waals surface area contributed by atoms with Gasteiger partial charge in [0.05, 0.1) is 34.0 Å². The second kappa shape index (κ2) is 7.93. The Hall–Kier alpha value is -3.76. The third kappa shape index (κ3) is 4.25. The first-order chi connectivity index (χ1) is 16.1. The van der Waals surface area contributed by atoms with Crippen LogP contribution in [-0.2, 0) is 17.1 Å². The molecular weight excluding hydrogens is 450 g/mol. The van der Waals surface area contributed by atoms with Crippen LogP contribution < -0.4 is 10.0 Å². The van der Waals surface area contributed by atoms with Crippen LogP contribution in [0.1, 0.15) is 20.8 Å². The van der Waals surface area contributed by atoms with E-state index in [1.807, 2.05) is 75.1 Å². The second-order valence-corrected chi connectivity index (χ2v) is 10.9. The Balaban J connectivity index is 1.50. The molecule has 3 heterocycles. The monoisotopic (exact) mass is 475 g/mol. The molecule has 0 unspecified atom stereocenters. The van der Waals surface area contributed by atoms with E-state index in [9.17, 15) is 8.42 Å². The number of benzene rings is 2. The Bertz CT molecular complexity index is 1630. The lowest BCUT2D eigenvalue weighted by atomic mass is 10.1. The number of nitrogens with one attached hydrogen (secondary N) is 2. The summed E-state index contributed by atoms with van der Waals surface area (Å²) >= 11 is 0. The zero-order valence-corrected chi connectivity index (χ0v) is 20.1. The zero-order chi connectivity index (χ0) is 24.1. The van der Waals surface area contributed by atoms with Crippen molar-refractivity contribution in [1.29, 1.82) is 0 Å². The number of nitrogens with zero attached hydrogens (tertiary/aromatic N) is 5. The van der Waals surface area contributed by atoms with Crippen molar-refractivity contribution in [1.82, 2.24) is 29.1 Å². The van der Waals surface area contributed by atoms with Crippen LogP contribution in [0.15, 0.2) is 71.9 Å². The minimum Gasteiger partial charge on any atom is -0.323 e. The van der Waals surface area contributed by atoms with Crippen molar-refractivity contribution in [3.63, 3.8) is 0 Å². The number of aromatic nitrogens is 5. The van der Waals surface area contributed by atoms with Crippen molar-refractivity contribution in [3.05, 3.63) is 67.0 Å². The first-order valence-electron chi connectivity index (χ1n) is 10.8. The van der Waals surface area contributed by atoms with Crippen molar-refractivity contribution >= 4 is 38.1 Å². The van der Waals surface area contributed by atoms with Gasteiger partial charge < -0.3 is 5.32 Å². The molecule has 9 nitrogen and oxygen atoms in total. The predicted octanol–water partition coefficient (Wildman–Crippen LogP) is 4.10. The van der Waals surface area contributed by atoms with Crippen LogP contribution >= 0.6 is 0 Å². The summed E-state index contributed by atoms with van der Waals surface area (Å²) in [5.74, 6) is 0.421. The molecule has 0 radical (unpaired) electrons. The quantitative estimate of drug-likeness (QED) is 0.396. The van der Waals surface area contributed by atoms with E-state index in [4.69, 9.17) is 0 Å². The predicted molar refractivity (Wildman–Crippen MR) is 132 cm³/mol. The van der Waals surface area contributed by atoms with Crippen LogP contribution in [0, 0.1) is 0 Å². The number of hydrogen-bond acceptors (Lipinski definition) is 6. The van der Waals surface area contributed by atoms with Gasteiger partial charge in [0, 0.05) is 29.2 Å². The molecule has 174 valence electrons. The van der Waals surface area contributed by atoms with E-state index in [-0.39, 0.29) is 4.90 Å². The highest BCUT2D eigenvalue weighted by atomic mass is 32.2. The highest BCUT2D eigenvalue weighted by Crippen LogP contribution is 2.26. The Morgan fingerprint density at radius 3 is 2.59 bits per heavy atom. The SMILES string of the molecule is Cn1ncc2ccc(Nc3ncc4ccc(-c5cccc(S(=O)(=O)NC(C)(C)C)c5)n4n3)cc21. The highest BCUT2D eigenvalue weighted by Gasteiger charge is 2.22. The number of anilines is 2. The molecule has 0 spiro atoms. The van der Waals surface area contributed by atoms with Gasteiger partial charge in [-0.15, -0.1) is 5.10 Å². The van der Waals surface area contributed by atoms with E-state index in [1.54, 1.807) is 28.9 Å². The minimum absolute atomic E-state index is 0.201. The molecule has 0 aliphatic heterocycles. The first-order valence-corrected chi connectivity index (χ1v) is 12.3. The van der Waals surface area contributed by atoms with Gasteiger partial charge in [-0.05, 0) is 63.2 Å². The third-order valence-corrected chi connectivity index (χ3v) is 7.04. The van der Waals surface area contributed by atoms with Gasteiger partial charge in [0.25, 0.3) is 0 Å². The fraction of sp³-hybridized carbons (Fsp3) is 0.208. The molecular formula is C24H25N7O2S. The summed E-state index contributed by atoms with van der Waals surface area (Å²) in [5.41, 5.74) is 3.54. The standard InChI is InChI=1S/C24H25N7O2S/c1-24(2,3)29-34(32,33)20-7-5-6-16(12-20)21-11-10-19-15-25-23(28-31(19)21)27-18-9-8-17-14-26-30(4)22(17)13-18/h5-15,29H,1-4H3,(H,27,28). The van der Waals surface area contributed by atoms with E-state index >= 15 is 0 Å². The molecule has 0 saturated carbocycles. The van der Waals surface area contributed by atoms with Gasteiger partial charge in [-0.1, -0.05) is 12.1 Å². The van der Waals surface area contributed by atoms with Crippen LogP contribution in [0.2, 0.25) is 0 Å². The van der Waals surface area contributed by atoms with E-state index in [0.717, 1.165) is 33.4 Å². The number of fused-ring (bicyclic) bond motifs is 2. The molecule has 5 aromatic rings. The zero-order valence-electron chi connectivity index (χ0n) is 19.3. The lowest BCUT2D eigenvalue weighted by Crippen LogP contribution is -2.40. The maximum atomic E-state index is 12.8.